The van der Waals surface area contributed by atoms with Crippen LogP contribution in [0.1, 0.15) is 15.9 Å². The summed E-state index contributed by atoms with van der Waals surface area (Å²) in [6, 6.07) is 6.15. The Morgan fingerprint density at radius 2 is 2.11 bits per heavy atom. The van der Waals surface area contributed by atoms with Gasteiger partial charge in [-0.25, -0.2) is 4.79 Å². The van der Waals surface area contributed by atoms with Gasteiger partial charge in [-0.15, -0.1) is 0 Å². The molecule has 0 radical (unpaired) electrons. The summed E-state index contributed by atoms with van der Waals surface area (Å²) in [6.45, 7) is 0. The number of carbonyl (C=O) groups excluding carboxylic acids is 1. The molecule has 0 atom stereocenters. The number of thiophene rings is 1. The Kier molecular flexibility index (Phi) is 3.82. The number of hydrogen-bond acceptors (Lipinski definition) is 4. The third kappa shape index (κ3) is 3.32. The van der Waals surface area contributed by atoms with Crippen molar-refractivity contribution in [3.63, 3.8) is 0 Å². The number of carbonyl (C=O) groups is 2. The molecule has 5 nitrogen and oxygen atoms in total. The largest absolute Gasteiger partial charge is 0.478 e. The molecule has 1 aromatic carbocycles. The van der Waals surface area contributed by atoms with Crippen molar-refractivity contribution in [3.8, 4) is 0 Å². The highest BCUT2D eigenvalue weighted by molar-refractivity contribution is 7.08. The second-order valence-electron chi connectivity index (χ2n) is 3.97. The van der Waals surface area contributed by atoms with Crippen molar-refractivity contribution in [3.05, 3.63) is 46.2 Å². The van der Waals surface area contributed by atoms with E-state index in [0.29, 0.717) is 5.69 Å². The van der Waals surface area contributed by atoms with Gasteiger partial charge >= 0.3 is 5.97 Å². The minimum Gasteiger partial charge on any atom is -0.478 e. The zero-order chi connectivity index (χ0) is 13.8. The number of anilines is 2. The number of hydrogen-bond donors (Lipinski definition) is 3. The van der Waals surface area contributed by atoms with E-state index in [4.69, 9.17) is 10.8 Å². The van der Waals surface area contributed by atoms with Gasteiger partial charge in [-0.05, 0) is 40.6 Å². The summed E-state index contributed by atoms with van der Waals surface area (Å²) in [6.07, 6.45) is 0.206. The SMILES string of the molecule is Nc1ccc(C(=O)O)c(NC(=O)Cc2ccsc2)c1. The van der Waals surface area contributed by atoms with Crippen LogP contribution in [0.25, 0.3) is 0 Å². The van der Waals surface area contributed by atoms with Crippen molar-refractivity contribution in [1.29, 1.82) is 0 Å². The van der Waals surface area contributed by atoms with Gasteiger partial charge in [0.2, 0.25) is 5.91 Å². The highest BCUT2D eigenvalue weighted by atomic mass is 32.1. The van der Waals surface area contributed by atoms with E-state index >= 15 is 0 Å². The Balaban J connectivity index is 2.16. The topological polar surface area (TPSA) is 92.4 Å². The van der Waals surface area contributed by atoms with Gasteiger partial charge in [0.15, 0.2) is 0 Å². The fourth-order valence-corrected chi connectivity index (χ4v) is 2.29. The summed E-state index contributed by atoms with van der Waals surface area (Å²) < 4.78 is 0. The maximum Gasteiger partial charge on any atom is 0.337 e. The molecule has 0 bridgehead atoms. The molecule has 0 aliphatic rings. The number of benzene rings is 1. The summed E-state index contributed by atoms with van der Waals surface area (Å²) >= 11 is 1.50. The molecule has 0 unspecified atom stereocenters. The van der Waals surface area contributed by atoms with Crippen LogP contribution in [-0.4, -0.2) is 17.0 Å². The lowest BCUT2D eigenvalue weighted by Gasteiger charge is -2.09. The third-order valence-corrected chi connectivity index (χ3v) is 3.22. The number of nitrogen functional groups attached to an aromatic ring is 1. The highest BCUT2D eigenvalue weighted by Gasteiger charge is 2.13. The Bertz CT molecular complexity index is 608. The zero-order valence-electron chi connectivity index (χ0n) is 9.92. The van der Waals surface area contributed by atoms with Crippen LogP contribution >= 0.6 is 11.3 Å². The second kappa shape index (κ2) is 5.53. The van der Waals surface area contributed by atoms with Gasteiger partial charge in [0.1, 0.15) is 0 Å². The second-order valence-corrected chi connectivity index (χ2v) is 4.75. The van der Waals surface area contributed by atoms with Gasteiger partial charge in [0.25, 0.3) is 0 Å². The van der Waals surface area contributed by atoms with Gasteiger partial charge in [-0.1, -0.05) is 0 Å². The Morgan fingerprint density at radius 1 is 1.32 bits per heavy atom. The molecule has 0 fully saturated rings. The molecule has 0 aliphatic carbocycles. The number of nitrogens with two attached hydrogens (primary N) is 1. The van der Waals surface area contributed by atoms with Gasteiger partial charge in [0.05, 0.1) is 17.7 Å². The summed E-state index contributed by atoms with van der Waals surface area (Å²) in [5.41, 5.74) is 7.12. The molecule has 19 heavy (non-hydrogen) atoms. The summed E-state index contributed by atoms with van der Waals surface area (Å²) in [4.78, 5) is 22.9. The van der Waals surface area contributed by atoms with Crippen LogP contribution in [-0.2, 0) is 11.2 Å². The molecule has 2 rings (SSSR count). The van der Waals surface area contributed by atoms with Crippen molar-refractivity contribution in [1.82, 2.24) is 0 Å². The van der Waals surface area contributed by atoms with Crippen LogP contribution in [0.4, 0.5) is 11.4 Å². The first kappa shape index (κ1) is 13.1. The van der Waals surface area contributed by atoms with E-state index in [-0.39, 0.29) is 23.6 Å². The maximum atomic E-state index is 11.8. The molecule has 98 valence electrons. The van der Waals surface area contributed by atoms with E-state index in [1.165, 1.54) is 29.5 Å². The third-order valence-electron chi connectivity index (χ3n) is 2.49. The summed E-state index contributed by atoms with van der Waals surface area (Å²) in [5.74, 6) is -1.38. The first-order valence-electron chi connectivity index (χ1n) is 5.50. The maximum absolute atomic E-state index is 11.8. The molecule has 0 saturated carbocycles. The number of aromatic carboxylic acids is 1. The quantitative estimate of drug-likeness (QED) is 0.746. The number of nitrogens with one attached hydrogen (secondary N) is 1. The van der Waals surface area contributed by atoms with Crippen molar-refractivity contribution < 1.29 is 14.7 Å². The first-order valence-corrected chi connectivity index (χ1v) is 6.44. The Hall–Kier alpha value is -2.34. The normalized spacial score (nSPS) is 10.1. The molecule has 0 aliphatic heterocycles. The van der Waals surface area contributed by atoms with Crippen LogP contribution < -0.4 is 11.1 Å². The molecule has 0 saturated heterocycles. The van der Waals surface area contributed by atoms with E-state index in [1.807, 2.05) is 16.8 Å². The summed E-state index contributed by atoms with van der Waals surface area (Å²) in [5, 5.41) is 15.4. The molecular weight excluding hydrogens is 264 g/mol. The lowest BCUT2D eigenvalue weighted by molar-refractivity contribution is -0.115. The zero-order valence-corrected chi connectivity index (χ0v) is 10.7. The molecule has 6 heteroatoms. The fraction of sp³-hybridized carbons (Fsp3) is 0.0769. The molecule has 0 spiro atoms. The molecule has 2 aromatic rings. The fourth-order valence-electron chi connectivity index (χ4n) is 1.62. The molecule has 4 N–H and O–H groups in total. The monoisotopic (exact) mass is 276 g/mol. The van der Waals surface area contributed by atoms with Crippen molar-refractivity contribution >= 4 is 34.6 Å². The van der Waals surface area contributed by atoms with Gasteiger partial charge in [-0.3, -0.25) is 4.79 Å². The minimum atomic E-state index is -1.11. The average Bonchev–Trinajstić information content (AvgIpc) is 2.81. The standard InChI is InChI=1S/C13H12N2O3S/c14-9-1-2-10(13(17)18)11(6-9)15-12(16)5-8-3-4-19-7-8/h1-4,6-7H,5,14H2,(H,15,16)(H,17,18). The van der Waals surface area contributed by atoms with Crippen LogP contribution in [0.15, 0.2) is 35.0 Å². The van der Waals surface area contributed by atoms with Crippen molar-refractivity contribution in [2.45, 2.75) is 6.42 Å². The van der Waals surface area contributed by atoms with Gasteiger partial charge in [-0.2, -0.15) is 11.3 Å². The lowest BCUT2D eigenvalue weighted by atomic mass is 10.1. The van der Waals surface area contributed by atoms with Crippen LogP contribution in [0, 0.1) is 0 Å². The van der Waals surface area contributed by atoms with E-state index in [9.17, 15) is 9.59 Å². The van der Waals surface area contributed by atoms with E-state index in [0.717, 1.165) is 5.56 Å². The smallest absolute Gasteiger partial charge is 0.337 e. The predicted octanol–water partition coefficient (Wildman–Crippen LogP) is 2.21. The lowest BCUT2D eigenvalue weighted by Crippen LogP contribution is -2.16. The number of amides is 1. The first-order chi connectivity index (χ1) is 9.06. The van der Waals surface area contributed by atoms with Gasteiger partial charge < -0.3 is 16.2 Å². The molecule has 1 aromatic heterocycles. The predicted molar refractivity (Wildman–Crippen MR) is 74.5 cm³/mol. The average molecular weight is 276 g/mol. The van der Waals surface area contributed by atoms with E-state index in [1.54, 1.807) is 0 Å². The Morgan fingerprint density at radius 3 is 2.74 bits per heavy atom. The van der Waals surface area contributed by atoms with E-state index < -0.39 is 5.97 Å². The number of carboxylic acid groups (broad SMARTS) is 1. The molecule has 1 amide bonds. The Labute approximate surface area is 113 Å². The minimum absolute atomic E-state index is 0.0212. The van der Waals surface area contributed by atoms with Gasteiger partial charge in [0, 0.05) is 5.69 Å². The molecule has 1 heterocycles. The number of rotatable bonds is 4. The van der Waals surface area contributed by atoms with Crippen LogP contribution in [0.3, 0.4) is 0 Å². The van der Waals surface area contributed by atoms with Crippen LogP contribution in [0.2, 0.25) is 0 Å². The van der Waals surface area contributed by atoms with Crippen molar-refractivity contribution in [2.24, 2.45) is 0 Å². The van der Waals surface area contributed by atoms with Crippen LogP contribution in [0.5, 0.6) is 0 Å². The van der Waals surface area contributed by atoms with Crippen molar-refractivity contribution in [2.75, 3.05) is 11.1 Å². The summed E-state index contributed by atoms with van der Waals surface area (Å²) in [7, 11) is 0. The number of carboxylic acids is 1. The highest BCUT2D eigenvalue weighted by Crippen LogP contribution is 2.20. The molecular formula is C13H12N2O3S. The van der Waals surface area contributed by atoms with E-state index in [2.05, 4.69) is 5.32 Å².